The molecule has 0 radical (unpaired) electrons. The van der Waals surface area contributed by atoms with Crippen LogP contribution in [0.15, 0.2) is 35.5 Å². The van der Waals surface area contributed by atoms with Gasteiger partial charge in [-0.25, -0.2) is 4.79 Å². The van der Waals surface area contributed by atoms with Gasteiger partial charge in [-0.1, -0.05) is 42.4 Å². The quantitative estimate of drug-likeness (QED) is 0.861. The molecule has 6 heteroatoms. The summed E-state index contributed by atoms with van der Waals surface area (Å²) < 4.78 is 0. The number of carbonyl (C=O) groups is 2. The van der Waals surface area contributed by atoms with Crippen molar-refractivity contribution in [2.75, 3.05) is 0 Å². The first-order valence-electron chi connectivity index (χ1n) is 6.80. The predicted molar refractivity (Wildman–Crippen MR) is 76.9 cm³/mol. The molecule has 1 heterocycles. The molecule has 0 aliphatic carbocycles. The van der Waals surface area contributed by atoms with Crippen molar-refractivity contribution in [3.05, 3.63) is 35.9 Å². The Morgan fingerprint density at radius 3 is 2.67 bits per heavy atom. The second kappa shape index (κ2) is 5.95. The smallest absolute Gasteiger partial charge is 0.329 e. The zero-order valence-electron chi connectivity index (χ0n) is 12.0. The van der Waals surface area contributed by atoms with Crippen LogP contribution in [-0.2, 0) is 14.4 Å². The summed E-state index contributed by atoms with van der Waals surface area (Å²) in [4.78, 5) is 28.5. The number of aliphatic carboxylic acids is 1. The van der Waals surface area contributed by atoms with Crippen molar-refractivity contribution >= 4 is 17.6 Å². The highest BCUT2D eigenvalue weighted by Gasteiger charge is 2.37. The molecule has 2 rings (SSSR count). The molecule has 1 aliphatic rings. The molecule has 112 valence electrons. The topological polar surface area (TPSA) is 88.0 Å². The van der Waals surface area contributed by atoms with E-state index in [-0.39, 0.29) is 6.42 Å². The molecular formula is C15H18N2O4. The molecule has 2 N–H and O–H groups in total. The van der Waals surface area contributed by atoms with E-state index in [1.54, 1.807) is 6.92 Å². The number of carbonyl (C=O) groups excluding carboxylic acids is 1. The number of benzene rings is 1. The Morgan fingerprint density at radius 1 is 1.43 bits per heavy atom. The zero-order chi connectivity index (χ0) is 15.5. The molecule has 1 aromatic rings. The highest BCUT2D eigenvalue weighted by Crippen LogP contribution is 2.18. The summed E-state index contributed by atoms with van der Waals surface area (Å²) in [7, 11) is 0. The minimum absolute atomic E-state index is 0.285. The van der Waals surface area contributed by atoms with Crippen molar-refractivity contribution in [1.82, 2.24) is 5.32 Å². The number of carboxylic acid groups (broad SMARTS) is 1. The Labute approximate surface area is 122 Å². The SMILES string of the molecule is CCC(C)(NC(=O)C1CC(c2ccccc2)=NO1)C(=O)O. The highest BCUT2D eigenvalue weighted by atomic mass is 16.6. The van der Waals surface area contributed by atoms with Gasteiger partial charge in [-0.3, -0.25) is 4.79 Å². The van der Waals surface area contributed by atoms with Crippen molar-refractivity contribution < 1.29 is 19.5 Å². The largest absolute Gasteiger partial charge is 0.480 e. The first-order valence-corrected chi connectivity index (χ1v) is 6.80. The Balaban J connectivity index is 2.00. The van der Waals surface area contributed by atoms with E-state index in [9.17, 15) is 14.7 Å². The Hall–Kier alpha value is -2.37. The van der Waals surface area contributed by atoms with Gasteiger partial charge in [0.05, 0.1) is 5.71 Å². The maximum Gasteiger partial charge on any atom is 0.329 e. The van der Waals surface area contributed by atoms with Crippen LogP contribution in [-0.4, -0.2) is 34.3 Å². The molecule has 2 atom stereocenters. The van der Waals surface area contributed by atoms with Gasteiger partial charge in [0.2, 0.25) is 6.10 Å². The van der Waals surface area contributed by atoms with Crippen molar-refractivity contribution in [2.45, 2.75) is 38.3 Å². The second-order valence-electron chi connectivity index (χ2n) is 5.18. The number of nitrogens with zero attached hydrogens (tertiary/aromatic N) is 1. The molecule has 0 aromatic heterocycles. The van der Waals surface area contributed by atoms with Crippen LogP contribution in [0.4, 0.5) is 0 Å². The van der Waals surface area contributed by atoms with Crippen LogP contribution in [0.25, 0.3) is 0 Å². The number of carboxylic acids is 1. The highest BCUT2D eigenvalue weighted by molar-refractivity contribution is 6.04. The number of amides is 1. The molecule has 21 heavy (non-hydrogen) atoms. The summed E-state index contributed by atoms with van der Waals surface area (Å²) in [6.07, 6.45) is -0.173. The normalized spacial score (nSPS) is 20.1. The second-order valence-corrected chi connectivity index (χ2v) is 5.18. The van der Waals surface area contributed by atoms with Crippen LogP contribution in [0.5, 0.6) is 0 Å². The monoisotopic (exact) mass is 290 g/mol. The lowest BCUT2D eigenvalue weighted by atomic mass is 9.98. The van der Waals surface area contributed by atoms with Gasteiger partial charge in [0, 0.05) is 6.42 Å². The van der Waals surface area contributed by atoms with Crippen LogP contribution in [0.3, 0.4) is 0 Å². The van der Waals surface area contributed by atoms with Gasteiger partial charge < -0.3 is 15.3 Å². The Bertz CT molecular complexity index is 570. The van der Waals surface area contributed by atoms with Crippen LogP contribution in [0.1, 0.15) is 32.3 Å². The third kappa shape index (κ3) is 3.21. The Morgan fingerprint density at radius 2 is 2.10 bits per heavy atom. The number of rotatable bonds is 5. The fraction of sp³-hybridized carbons (Fsp3) is 0.400. The van der Waals surface area contributed by atoms with Crippen LogP contribution < -0.4 is 5.32 Å². The van der Waals surface area contributed by atoms with Gasteiger partial charge in [0.25, 0.3) is 5.91 Å². The molecule has 2 unspecified atom stereocenters. The zero-order valence-corrected chi connectivity index (χ0v) is 12.0. The molecule has 1 amide bonds. The van der Waals surface area contributed by atoms with E-state index in [1.807, 2.05) is 30.3 Å². The molecule has 6 nitrogen and oxygen atoms in total. The fourth-order valence-corrected chi connectivity index (χ4v) is 1.96. The maximum atomic E-state index is 12.1. The van der Waals surface area contributed by atoms with E-state index < -0.39 is 23.5 Å². The summed E-state index contributed by atoms with van der Waals surface area (Å²) in [6.45, 7) is 3.18. The number of hydrogen-bond donors (Lipinski definition) is 2. The summed E-state index contributed by atoms with van der Waals surface area (Å²) >= 11 is 0. The molecular weight excluding hydrogens is 272 g/mol. The van der Waals surface area contributed by atoms with E-state index >= 15 is 0 Å². The molecule has 0 saturated heterocycles. The van der Waals surface area contributed by atoms with Crippen molar-refractivity contribution in [1.29, 1.82) is 0 Å². The van der Waals surface area contributed by atoms with Crippen LogP contribution >= 0.6 is 0 Å². The van der Waals surface area contributed by atoms with Crippen LogP contribution in [0, 0.1) is 0 Å². The fourth-order valence-electron chi connectivity index (χ4n) is 1.96. The van der Waals surface area contributed by atoms with Crippen molar-refractivity contribution in [2.24, 2.45) is 5.16 Å². The molecule has 0 saturated carbocycles. The predicted octanol–water partition coefficient (Wildman–Crippen LogP) is 1.55. The van der Waals surface area contributed by atoms with Gasteiger partial charge >= 0.3 is 5.97 Å². The standard InChI is InChI=1S/C15H18N2O4/c1-3-15(2,14(19)20)16-13(18)12-9-11(17-21-12)10-7-5-4-6-8-10/h4-8,12H,3,9H2,1-2H3,(H,16,18)(H,19,20). The average molecular weight is 290 g/mol. The third-order valence-corrected chi connectivity index (χ3v) is 3.65. The van der Waals surface area contributed by atoms with Gasteiger partial charge in [-0.15, -0.1) is 0 Å². The lowest BCUT2D eigenvalue weighted by molar-refractivity contribution is -0.149. The molecule has 0 fully saturated rings. The number of nitrogens with one attached hydrogen (secondary N) is 1. The lowest BCUT2D eigenvalue weighted by Gasteiger charge is -2.25. The van der Waals surface area contributed by atoms with Gasteiger partial charge in [-0.2, -0.15) is 0 Å². The minimum atomic E-state index is -1.30. The minimum Gasteiger partial charge on any atom is -0.480 e. The van der Waals surface area contributed by atoms with Gasteiger partial charge in [0.15, 0.2) is 0 Å². The molecule has 1 aliphatic heterocycles. The summed E-state index contributed by atoms with van der Waals surface area (Å²) in [5.74, 6) is -1.53. The van der Waals surface area contributed by atoms with E-state index in [2.05, 4.69) is 10.5 Å². The first kappa shape index (κ1) is 15.0. The summed E-state index contributed by atoms with van der Waals surface area (Å²) in [6, 6.07) is 9.42. The number of hydrogen-bond acceptors (Lipinski definition) is 4. The van der Waals surface area contributed by atoms with E-state index in [4.69, 9.17) is 4.84 Å². The molecule has 0 bridgehead atoms. The average Bonchev–Trinajstić information content (AvgIpc) is 2.97. The van der Waals surface area contributed by atoms with Crippen molar-refractivity contribution in [3.63, 3.8) is 0 Å². The first-order chi connectivity index (χ1) is 9.96. The van der Waals surface area contributed by atoms with E-state index in [1.165, 1.54) is 6.92 Å². The number of oxime groups is 1. The van der Waals surface area contributed by atoms with E-state index in [0.29, 0.717) is 12.1 Å². The van der Waals surface area contributed by atoms with Gasteiger partial charge in [-0.05, 0) is 18.9 Å². The molecule has 1 aromatic carbocycles. The molecule has 0 spiro atoms. The Kier molecular flexibility index (Phi) is 4.26. The van der Waals surface area contributed by atoms with Gasteiger partial charge in [0.1, 0.15) is 5.54 Å². The maximum absolute atomic E-state index is 12.1. The summed E-state index contributed by atoms with van der Waals surface area (Å²) in [5, 5.41) is 15.6. The van der Waals surface area contributed by atoms with E-state index in [0.717, 1.165) is 5.56 Å². The van der Waals surface area contributed by atoms with Crippen molar-refractivity contribution in [3.8, 4) is 0 Å². The third-order valence-electron chi connectivity index (χ3n) is 3.65. The summed E-state index contributed by atoms with van der Waals surface area (Å²) in [5.41, 5.74) is 0.282. The lowest BCUT2D eigenvalue weighted by Crippen LogP contribution is -2.54. The van der Waals surface area contributed by atoms with Crippen LogP contribution in [0.2, 0.25) is 0 Å².